The molecule has 0 aliphatic carbocycles. The molecule has 2 heterocycles. The summed E-state index contributed by atoms with van der Waals surface area (Å²) < 4.78 is 39.4. The molecule has 2 rings (SSSR count). The van der Waals surface area contributed by atoms with Crippen LogP contribution < -0.4 is 5.32 Å². The maximum absolute atomic E-state index is 13.1. The summed E-state index contributed by atoms with van der Waals surface area (Å²) in [4.78, 5) is 14.9. The Kier molecular flexibility index (Phi) is 4.90. The Morgan fingerprint density at radius 1 is 1.30 bits per heavy atom. The second-order valence-electron chi connectivity index (χ2n) is 5.74. The van der Waals surface area contributed by atoms with Gasteiger partial charge >= 0.3 is 6.18 Å². The highest BCUT2D eigenvalue weighted by molar-refractivity contribution is 5.76. The molecule has 2 atom stereocenters. The van der Waals surface area contributed by atoms with Crippen LogP contribution in [-0.2, 0) is 4.79 Å². The molecule has 2 aliphatic heterocycles. The third-order valence-corrected chi connectivity index (χ3v) is 4.30. The predicted molar refractivity (Wildman–Crippen MR) is 69.3 cm³/mol. The van der Waals surface area contributed by atoms with Crippen LogP contribution >= 0.6 is 0 Å². The minimum atomic E-state index is -4.30. The lowest BCUT2D eigenvalue weighted by molar-refractivity contribution is -0.182. The summed E-state index contributed by atoms with van der Waals surface area (Å²) in [5.74, 6) is -0.293. The summed E-state index contributed by atoms with van der Waals surface area (Å²) in [7, 11) is 1.97. The molecule has 1 amide bonds. The van der Waals surface area contributed by atoms with Gasteiger partial charge in [0.1, 0.15) is 6.04 Å². The summed E-state index contributed by atoms with van der Waals surface area (Å²) in [6.07, 6.45) is -1.06. The second kappa shape index (κ2) is 6.30. The van der Waals surface area contributed by atoms with Gasteiger partial charge in [0.15, 0.2) is 0 Å². The zero-order valence-corrected chi connectivity index (χ0v) is 11.7. The van der Waals surface area contributed by atoms with Crippen molar-refractivity contribution in [3.05, 3.63) is 0 Å². The lowest BCUT2D eigenvalue weighted by atomic mass is 10.0. The summed E-state index contributed by atoms with van der Waals surface area (Å²) in [6, 6.07) is -1.41. The van der Waals surface area contributed by atoms with E-state index >= 15 is 0 Å². The van der Waals surface area contributed by atoms with E-state index in [4.69, 9.17) is 0 Å². The summed E-state index contributed by atoms with van der Waals surface area (Å²) in [6.45, 7) is 1.17. The van der Waals surface area contributed by atoms with E-state index in [-0.39, 0.29) is 31.5 Å². The van der Waals surface area contributed by atoms with Crippen LogP contribution in [0.25, 0.3) is 0 Å². The first-order valence-corrected chi connectivity index (χ1v) is 7.15. The zero-order valence-electron chi connectivity index (χ0n) is 11.7. The van der Waals surface area contributed by atoms with Crippen LogP contribution in [0, 0.1) is 0 Å². The molecular formula is C13H22F3N3O. The van der Waals surface area contributed by atoms with Crippen LogP contribution in [0.2, 0.25) is 0 Å². The minimum absolute atomic E-state index is 0.142. The van der Waals surface area contributed by atoms with Crippen molar-refractivity contribution in [2.75, 3.05) is 33.2 Å². The molecule has 0 aromatic heterocycles. The van der Waals surface area contributed by atoms with Crippen molar-refractivity contribution in [3.8, 4) is 0 Å². The smallest absolute Gasteiger partial charge is 0.354 e. The van der Waals surface area contributed by atoms with Crippen LogP contribution in [-0.4, -0.2) is 67.2 Å². The lowest BCUT2D eigenvalue weighted by Gasteiger charge is -2.39. The first kappa shape index (κ1) is 15.6. The monoisotopic (exact) mass is 293 g/mol. The van der Waals surface area contributed by atoms with Gasteiger partial charge < -0.3 is 10.2 Å². The molecule has 2 aliphatic rings. The van der Waals surface area contributed by atoms with E-state index in [1.54, 1.807) is 0 Å². The maximum Gasteiger partial charge on any atom is 0.405 e. The van der Waals surface area contributed by atoms with E-state index in [0.717, 1.165) is 25.8 Å². The fourth-order valence-electron chi connectivity index (χ4n) is 3.02. The zero-order chi connectivity index (χ0) is 14.8. The molecule has 0 aromatic carbocycles. The fraction of sp³-hybridized carbons (Fsp3) is 0.923. The molecule has 2 fully saturated rings. The lowest BCUT2D eigenvalue weighted by Crippen LogP contribution is -2.54. The van der Waals surface area contributed by atoms with Gasteiger partial charge in [0, 0.05) is 32.1 Å². The third kappa shape index (κ3) is 3.85. The van der Waals surface area contributed by atoms with Gasteiger partial charge in [-0.3, -0.25) is 9.69 Å². The Labute approximate surface area is 117 Å². The molecule has 4 nitrogen and oxygen atoms in total. The molecule has 0 spiro atoms. The van der Waals surface area contributed by atoms with Gasteiger partial charge in [0.2, 0.25) is 5.91 Å². The van der Waals surface area contributed by atoms with Gasteiger partial charge in [-0.05, 0) is 26.4 Å². The molecule has 20 heavy (non-hydrogen) atoms. The molecule has 0 bridgehead atoms. The van der Waals surface area contributed by atoms with Gasteiger partial charge in [-0.15, -0.1) is 0 Å². The van der Waals surface area contributed by atoms with Crippen LogP contribution in [0.15, 0.2) is 0 Å². The van der Waals surface area contributed by atoms with E-state index in [1.165, 1.54) is 4.90 Å². The Hall–Kier alpha value is -0.820. The number of carbonyl (C=O) groups is 1. The molecule has 7 heteroatoms. The highest BCUT2D eigenvalue weighted by Crippen LogP contribution is 2.27. The van der Waals surface area contributed by atoms with Crippen LogP contribution in [0.4, 0.5) is 13.2 Å². The topological polar surface area (TPSA) is 35.6 Å². The van der Waals surface area contributed by atoms with Crippen molar-refractivity contribution < 1.29 is 18.0 Å². The van der Waals surface area contributed by atoms with Gasteiger partial charge in [-0.2, -0.15) is 13.2 Å². The van der Waals surface area contributed by atoms with E-state index in [1.807, 2.05) is 7.05 Å². The minimum Gasteiger partial charge on any atom is -0.354 e. The number of halogens is 3. The van der Waals surface area contributed by atoms with Crippen molar-refractivity contribution in [1.82, 2.24) is 15.1 Å². The number of likely N-dealkylation sites (N-methyl/N-ethyl adjacent to an activating group) is 1. The SMILES string of the molecule is CN1CCCCC1CN1CCC(=O)NCC1C(F)(F)F. The molecular weight excluding hydrogens is 271 g/mol. The quantitative estimate of drug-likeness (QED) is 0.831. The Morgan fingerprint density at radius 3 is 2.70 bits per heavy atom. The number of hydrogen-bond donors (Lipinski definition) is 1. The second-order valence-corrected chi connectivity index (χ2v) is 5.74. The van der Waals surface area contributed by atoms with Crippen LogP contribution in [0.5, 0.6) is 0 Å². The van der Waals surface area contributed by atoms with Gasteiger partial charge in [-0.25, -0.2) is 0 Å². The number of rotatable bonds is 2. The van der Waals surface area contributed by atoms with E-state index in [0.29, 0.717) is 6.54 Å². The number of carbonyl (C=O) groups excluding carboxylic acids is 1. The molecule has 116 valence electrons. The standard InChI is InChI=1S/C13H22F3N3O/c1-18-6-3-2-4-10(18)9-19-7-5-12(20)17-8-11(19)13(14,15)16/h10-11H,2-9H2,1H3,(H,17,20). The van der Waals surface area contributed by atoms with E-state index in [2.05, 4.69) is 10.2 Å². The molecule has 0 radical (unpaired) electrons. The average Bonchev–Trinajstić information content (AvgIpc) is 2.54. The first-order chi connectivity index (χ1) is 9.38. The highest BCUT2D eigenvalue weighted by atomic mass is 19.4. The fourth-order valence-corrected chi connectivity index (χ4v) is 3.02. The normalized spacial score (nSPS) is 30.9. The van der Waals surface area contributed by atoms with Crippen molar-refractivity contribution in [2.45, 2.75) is 43.9 Å². The van der Waals surface area contributed by atoms with Crippen LogP contribution in [0.3, 0.4) is 0 Å². The Balaban J connectivity index is 2.06. The molecule has 1 N–H and O–H groups in total. The van der Waals surface area contributed by atoms with Crippen molar-refractivity contribution in [1.29, 1.82) is 0 Å². The van der Waals surface area contributed by atoms with Gasteiger partial charge in [0.25, 0.3) is 0 Å². The predicted octanol–water partition coefficient (Wildman–Crippen LogP) is 1.22. The summed E-state index contributed by atoms with van der Waals surface area (Å²) in [5, 5.41) is 2.37. The number of nitrogens with one attached hydrogen (secondary N) is 1. The number of piperidine rings is 1. The average molecular weight is 293 g/mol. The van der Waals surface area contributed by atoms with Crippen molar-refractivity contribution in [3.63, 3.8) is 0 Å². The number of alkyl halides is 3. The number of likely N-dealkylation sites (tertiary alicyclic amines) is 1. The van der Waals surface area contributed by atoms with Crippen LogP contribution in [0.1, 0.15) is 25.7 Å². The third-order valence-electron chi connectivity index (χ3n) is 4.30. The molecule has 0 saturated carbocycles. The summed E-state index contributed by atoms with van der Waals surface area (Å²) in [5.41, 5.74) is 0. The Morgan fingerprint density at radius 2 is 2.05 bits per heavy atom. The van der Waals surface area contributed by atoms with Gasteiger partial charge in [0.05, 0.1) is 0 Å². The number of nitrogens with zero attached hydrogens (tertiary/aromatic N) is 2. The first-order valence-electron chi connectivity index (χ1n) is 7.15. The number of hydrogen-bond acceptors (Lipinski definition) is 3. The van der Waals surface area contributed by atoms with Crippen molar-refractivity contribution in [2.24, 2.45) is 0 Å². The molecule has 0 aromatic rings. The van der Waals surface area contributed by atoms with Gasteiger partial charge in [-0.1, -0.05) is 6.42 Å². The maximum atomic E-state index is 13.1. The molecule has 2 saturated heterocycles. The largest absolute Gasteiger partial charge is 0.405 e. The number of amides is 1. The Bertz CT molecular complexity index is 348. The van der Waals surface area contributed by atoms with Crippen molar-refractivity contribution >= 4 is 5.91 Å². The van der Waals surface area contributed by atoms with E-state index < -0.39 is 12.2 Å². The molecule has 2 unspecified atom stereocenters. The summed E-state index contributed by atoms with van der Waals surface area (Å²) >= 11 is 0. The van der Waals surface area contributed by atoms with E-state index in [9.17, 15) is 18.0 Å². The highest BCUT2D eigenvalue weighted by Gasteiger charge is 2.45.